The van der Waals surface area contributed by atoms with Gasteiger partial charge in [-0.05, 0) is 106 Å². The van der Waals surface area contributed by atoms with Gasteiger partial charge in [-0.25, -0.2) is 34.7 Å². The minimum absolute atomic E-state index is 0.0945. The largest absolute Gasteiger partial charge is 0.465 e. The predicted molar refractivity (Wildman–Crippen MR) is 158 cm³/mol. The molecular weight excluding hydrogens is 588 g/mol. The first-order valence-corrected chi connectivity index (χ1v) is 18.5. The third kappa shape index (κ3) is 8.63. The number of piperidine rings is 3. The van der Waals surface area contributed by atoms with Gasteiger partial charge in [0.15, 0.2) is 9.84 Å². The van der Waals surface area contributed by atoms with Crippen molar-refractivity contribution in [3.63, 3.8) is 0 Å². The molecule has 0 spiro atoms. The average molecular weight is 634 g/mol. The molecule has 13 heteroatoms. The van der Waals surface area contributed by atoms with E-state index in [2.05, 4.69) is 11.8 Å². The summed E-state index contributed by atoms with van der Waals surface area (Å²) in [7, 11) is -6.58. The maximum Gasteiger partial charge on any atom is 0.407 e. The van der Waals surface area contributed by atoms with Gasteiger partial charge in [0.25, 0.3) is 0 Å². The fourth-order valence-electron chi connectivity index (χ4n) is 6.92. The van der Waals surface area contributed by atoms with E-state index in [1.807, 2.05) is 0 Å². The summed E-state index contributed by atoms with van der Waals surface area (Å²) < 4.78 is 79.9. The van der Waals surface area contributed by atoms with Gasteiger partial charge in [-0.15, -0.1) is 0 Å². The second kappa shape index (κ2) is 13.4. The van der Waals surface area contributed by atoms with E-state index in [0.29, 0.717) is 57.2 Å². The van der Waals surface area contributed by atoms with Gasteiger partial charge < -0.3 is 14.9 Å². The van der Waals surface area contributed by atoms with E-state index < -0.39 is 42.8 Å². The lowest BCUT2D eigenvalue weighted by atomic mass is 9.77. The molecule has 0 bridgehead atoms. The maximum absolute atomic E-state index is 14.2. The summed E-state index contributed by atoms with van der Waals surface area (Å²) in [6.45, 7) is 5.82. The number of carboxylic acid groups (broad SMARTS) is 1. The Balaban J connectivity index is 1.31. The van der Waals surface area contributed by atoms with E-state index in [9.17, 15) is 30.4 Å². The highest BCUT2D eigenvalue weighted by Gasteiger charge is 2.36. The first kappa shape index (κ1) is 33.1. The number of nitrogens with zero attached hydrogens (tertiary/aromatic N) is 3. The molecule has 238 valence electrons. The van der Waals surface area contributed by atoms with Crippen molar-refractivity contribution in [3.8, 4) is 0 Å². The molecule has 0 radical (unpaired) electrons. The van der Waals surface area contributed by atoms with Crippen LogP contribution < -0.4 is 0 Å². The second-order valence-electron chi connectivity index (χ2n) is 12.8. The molecule has 1 aromatic carbocycles. The van der Waals surface area contributed by atoms with Crippen LogP contribution in [-0.4, -0.2) is 105 Å². The second-order valence-corrected chi connectivity index (χ2v) is 17.2. The minimum atomic E-state index is -3.30. The first-order valence-electron chi connectivity index (χ1n) is 15.0. The van der Waals surface area contributed by atoms with Gasteiger partial charge >= 0.3 is 6.09 Å². The van der Waals surface area contributed by atoms with Gasteiger partial charge in [-0.1, -0.05) is 6.92 Å². The lowest BCUT2D eigenvalue weighted by molar-refractivity contribution is 0.108. The van der Waals surface area contributed by atoms with Crippen molar-refractivity contribution in [2.24, 2.45) is 11.3 Å². The highest BCUT2D eigenvalue weighted by atomic mass is 32.2. The Morgan fingerprint density at radius 2 is 1.52 bits per heavy atom. The van der Waals surface area contributed by atoms with Crippen molar-refractivity contribution in [2.45, 2.75) is 69.5 Å². The normalized spacial score (nSPS) is 22.7. The van der Waals surface area contributed by atoms with Crippen LogP contribution in [0.5, 0.6) is 0 Å². The Morgan fingerprint density at radius 1 is 0.952 bits per heavy atom. The molecule has 1 N–H and O–H groups in total. The fraction of sp³-hybridized carbons (Fsp3) is 0.759. The number of rotatable bonds is 10. The summed E-state index contributed by atoms with van der Waals surface area (Å²) in [4.78, 5) is 14.8. The summed E-state index contributed by atoms with van der Waals surface area (Å²) in [5.74, 6) is -1.09. The summed E-state index contributed by atoms with van der Waals surface area (Å²) in [5.41, 5.74) is 0.515. The third-order valence-electron chi connectivity index (χ3n) is 9.88. The zero-order valence-corrected chi connectivity index (χ0v) is 26.3. The standard InChI is InChI=1S/C29H45F2N3O6S2/c1-29(10-18-42(39,40)26-5-12-33(13-6-26)28(35)36)8-16-32(17-9-29)11-7-27(23-19-24(30)21-25(31)20-23)22-3-14-34(15-4-22)41(2,37)38/h19-22,26-27H,3-18H2,1-2H3,(H,35,36). The van der Waals surface area contributed by atoms with Crippen LogP contribution in [0.4, 0.5) is 13.6 Å². The zero-order chi connectivity index (χ0) is 30.7. The van der Waals surface area contributed by atoms with Crippen LogP contribution in [0.1, 0.15) is 69.8 Å². The van der Waals surface area contributed by atoms with Crippen LogP contribution in [0.15, 0.2) is 18.2 Å². The van der Waals surface area contributed by atoms with E-state index in [1.165, 1.54) is 27.6 Å². The molecular formula is C29H45F2N3O6S2. The highest BCUT2D eigenvalue weighted by molar-refractivity contribution is 7.92. The average Bonchev–Trinajstić information content (AvgIpc) is 2.93. The van der Waals surface area contributed by atoms with Crippen molar-refractivity contribution in [1.29, 1.82) is 0 Å². The number of sulfonamides is 1. The molecule has 4 rings (SSSR count). The van der Waals surface area contributed by atoms with Crippen molar-refractivity contribution in [3.05, 3.63) is 35.4 Å². The first-order chi connectivity index (χ1) is 19.6. The van der Waals surface area contributed by atoms with Crippen LogP contribution in [0, 0.1) is 23.0 Å². The monoisotopic (exact) mass is 633 g/mol. The van der Waals surface area contributed by atoms with Gasteiger partial charge in [-0.3, -0.25) is 0 Å². The number of hydrogen-bond donors (Lipinski definition) is 1. The molecule has 3 fully saturated rings. The van der Waals surface area contributed by atoms with Crippen LogP contribution in [0.3, 0.4) is 0 Å². The van der Waals surface area contributed by atoms with E-state index in [4.69, 9.17) is 5.11 Å². The topological polar surface area (TPSA) is 115 Å². The van der Waals surface area contributed by atoms with E-state index in [0.717, 1.165) is 38.5 Å². The summed E-state index contributed by atoms with van der Waals surface area (Å²) in [6.07, 6.45) is 5.16. The number of sulfone groups is 1. The molecule has 0 aromatic heterocycles. The summed E-state index contributed by atoms with van der Waals surface area (Å²) in [6, 6.07) is 3.67. The number of hydrogen-bond acceptors (Lipinski definition) is 6. The molecule has 1 aromatic rings. The highest BCUT2D eigenvalue weighted by Crippen LogP contribution is 2.39. The molecule has 3 aliphatic rings. The zero-order valence-electron chi connectivity index (χ0n) is 24.7. The molecule has 3 aliphatic heterocycles. The molecule has 3 heterocycles. The number of amides is 1. The lowest BCUT2D eigenvalue weighted by Crippen LogP contribution is -2.43. The Hall–Kier alpha value is -1.83. The van der Waals surface area contributed by atoms with E-state index >= 15 is 0 Å². The summed E-state index contributed by atoms with van der Waals surface area (Å²) in [5, 5.41) is 8.65. The molecule has 1 unspecified atom stereocenters. The van der Waals surface area contributed by atoms with E-state index in [-0.39, 0.29) is 36.1 Å². The Morgan fingerprint density at radius 3 is 2.05 bits per heavy atom. The van der Waals surface area contributed by atoms with Gasteiger partial charge in [0.05, 0.1) is 17.3 Å². The molecule has 3 saturated heterocycles. The van der Waals surface area contributed by atoms with Crippen molar-refractivity contribution >= 4 is 26.0 Å². The lowest BCUT2D eigenvalue weighted by Gasteiger charge is -2.41. The van der Waals surface area contributed by atoms with Gasteiger partial charge in [0, 0.05) is 32.2 Å². The molecule has 0 aliphatic carbocycles. The van der Waals surface area contributed by atoms with Crippen molar-refractivity contribution in [2.75, 3.05) is 57.8 Å². The quantitative estimate of drug-likeness (QED) is 0.412. The van der Waals surface area contributed by atoms with Crippen molar-refractivity contribution in [1.82, 2.24) is 14.1 Å². The fourth-order valence-corrected chi connectivity index (χ4v) is 9.84. The van der Waals surface area contributed by atoms with E-state index in [1.54, 1.807) is 0 Å². The molecule has 9 nitrogen and oxygen atoms in total. The molecule has 1 amide bonds. The summed E-state index contributed by atoms with van der Waals surface area (Å²) >= 11 is 0. The van der Waals surface area contributed by atoms with Crippen LogP contribution in [0.25, 0.3) is 0 Å². The van der Waals surface area contributed by atoms with Crippen LogP contribution in [-0.2, 0) is 19.9 Å². The number of likely N-dealkylation sites (tertiary alicyclic amines) is 2. The predicted octanol–water partition coefficient (Wildman–Crippen LogP) is 4.16. The Bertz CT molecular complexity index is 1280. The molecule has 1 atom stereocenters. The number of benzene rings is 1. The SMILES string of the molecule is CC1(CCS(=O)(=O)C2CCN(C(=O)O)CC2)CCN(CCC(c2cc(F)cc(F)c2)C2CCN(S(C)(=O)=O)CC2)CC1. The van der Waals surface area contributed by atoms with Gasteiger partial charge in [0.2, 0.25) is 10.0 Å². The van der Waals surface area contributed by atoms with Crippen LogP contribution >= 0.6 is 0 Å². The third-order valence-corrected chi connectivity index (χ3v) is 13.4. The Kier molecular flexibility index (Phi) is 10.6. The smallest absolute Gasteiger partial charge is 0.407 e. The Labute approximate surface area is 249 Å². The number of halogens is 2. The van der Waals surface area contributed by atoms with Crippen LogP contribution in [0.2, 0.25) is 0 Å². The maximum atomic E-state index is 14.2. The number of carbonyl (C=O) groups is 1. The van der Waals surface area contributed by atoms with Crippen molar-refractivity contribution < 1.29 is 35.5 Å². The molecule has 42 heavy (non-hydrogen) atoms. The van der Waals surface area contributed by atoms with Gasteiger partial charge in [0.1, 0.15) is 11.6 Å². The van der Waals surface area contributed by atoms with Gasteiger partial charge in [-0.2, -0.15) is 0 Å². The molecule has 0 saturated carbocycles. The minimum Gasteiger partial charge on any atom is -0.465 e.